The van der Waals surface area contributed by atoms with Gasteiger partial charge in [-0.1, -0.05) is 23.7 Å². The third-order valence-corrected chi connectivity index (χ3v) is 3.21. The van der Waals surface area contributed by atoms with Crippen molar-refractivity contribution in [2.75, 3.05) is 12.4 Å². The summed E-state index contributed by atoms with van der Waals surface area (Å²) in [6.45, 7) is 0.497. The van der Waals surface area contributed by atoms with Crippen molar-refractivity contribution in [3.05, 3.63) is 47.0 Å². The Labute approximate surface area is 116 Å². The number of carbonyl (C=O) groups excluding carboxylic acids is 1. The molecule has 0 bridgehead atoms. The van der Waals surface area contributed by atoms with E-state index in [1.54, 1.807) is 23.9 Å². The topological polar surface area (TPSA) is 59.0 Å². The molecule has 1 aromatic carbocycles. The summed E-state index contributed by atoms with van der Waals surface area (Å²) in [5.74, 6) is 0.678. The highest BCUT2D eigenvalue weighted by Gasteiger charge is 2.10. The number of carbonyl (C=O) groups is 1. The van der Waals surface area contributed by atoms with Crippen molar-refractivity contribution in [1.82, 2.24) is 14.9 Å². The van der Waals surface area contributed by atoms with Gasteiger partial charge in [0.1, 0.15) is 11.0 Å². The van der Waals surface area contributed by atoms with Crippen LogP contribution >= 0.6 is 11.6 Å². The van der Waals surface area contributed by atoms with Crippen molar-refractivity contribution in [2.24, 2.45) is 7.05 Å². The second kappa shape index (κ2) is 5.75. The number of halogens is 1. The van der Waals surface area contributed by atoms with Crippen LogP contribution in [-0.2, 0) is 13.6 Å². The molecule has 0 saturated heterocycles. The lowest BCUT2D eigenvalue weighted by atomic mass is 10.1. The Hall–Kier alpha value is -2.01. The maximum Gasteiger partial charge on any atom is 0.253 e. The number of imidazole rings is 1. The second-order valence-corrected chi connectivity index (χ2v) is 4.42. The standard InChI is InChI=1S/C13H15ClN4O/c1-15-13(19)9-5-3-4-6-10(9)16-8-12-17-7-11(14)18(12)2/h3-7,16H,8H2,1-2H3,(H,15,19). The van der Waals surface area contributed by atoms with Crippen LogP contribution in [-0.4, -0.2) is 22.5 Å². The number of amides is 1. The minimum Gasteiger partial charge on any atom is -0.377 e. The normalized spacial score (nSPS) is 10.3. The SMILES string of the molecule is CNC(=O)c1ccccc1NCc1ncc(Cl)n1C. The van der Waals surface area contributed by atoms with Gasteiger partial charge in [-0.05, 0) is 12.1 Å². The Morgan fingerprint density at radius 2 is 2.16 bits per heavy atom. The van der Waals surface area contributed by atoms with Gasteiger partial charge in [0.05, 0.1) is 18.3 Å². The van der Waals surface area contributed by atoms with Crippen LogP contribution in [0.15, 0.2) is 30.5 Å². The Morgan fingerprint density at radius 1 is 1.42 bits per heavy atom. The summed E-state index contributed by atoms with van der Waals surface area (Å²) in [4.78, 5) is 15.9. The van der Waals surface area contributed by atoms with Gasteiger partial charge >= 0.3 is 0 Å². The summed E-state index contributed by atoms with van der Waals surface area (Å²) < 4.78 is 1.79. The van der Waals surface area contributed by atoms with Crippen molar-refractivity contribution in [1.29, 1.82) is 0 Å². The molecule has 5 nitrogen and oxygen atoms in total. The van der Waals surface area contributed by atoms with Gasteiger partial charge < -0.3 is 15.2 Å². The van der Waals surface area contributed by atoms with Crippen LogP contribution in [0.2, 0.25) is 5.15 Å². The lowest BCUT2D eigenvalue weighted by Crippen LogP contribution is -2.19. The highest BCUT2D eigenvalue weighted by atomic mass is 35.5. The Balaban J connectivity index is 2.16. The molecular formula is C13H15ClN4O. The molecule has 0 aliphatic carbocycles. The lowest BCUT2D eigenvalue weighted by molar-refractivity contribution is 0.0964. The second-order valence-electron chi connectivity index (χ2n) is 4.03. The minimum absolute atomic E-state index is 0.124. The minimum atomic E-state index is -0.124. The summed E-state index contributed by atoms with van der Waals surface area (Å²) in [7, 11) is 3.45. The fourth-order valence-corrected chi connectivity index (χ4v) is 1.88. The van der Waals surface area contributed by atoms with Crippen LogP contribution in [0.4, 0.5) is 5.69 Å². The van der Waals surface area contributed by atoms with Gasteiger partial charge in [-0.15, -0.1) is 0 Å². The average Bonchev–Trinajstić information content (AvgIpc) is 2.76. The van der Waals surface area contributed by atoms with Crippen molar-refractivity contribution in [3.8, 4) is 0 Å². The van der Waals surface area contributed by atoms with Crippen LogP contribution in [0.1, 0.15) is 16.2 Å². The molecule has 0 spiro atoms. The molecule has 100 valence electrons. The monoisotopic (exact) mass is 278 g/mol. The van der Waals surface area contributed by atoms with Crippen molar-refractivity contribution < 1.29 is 4.79 Å². The molecule has 2 aromatic rings. The molecule has 1 heterocycles. The predicted molar refractivity (Wildman–Crippen MR) is 75.4 cm³/mol. The molecule has 2 N–H and O–H groups in total. The Bertz CT molecular complexity index is 594. The molecule has 0 radical (unpaired) electrons. The summed E-state index contributed by atoms with van der Waals surface area (Å²) in [5, 5.41) is 6.39. The number of para-hydroxylation sites is 1. The molecule has 1 amide bonds. The zero-order valence-corrected chi connectivity index (χ0v) is 11.5. The van der Waals surface area contributed by atoms with Crippen LogP contribution in [0.5, 0.6) is 0 Å². The van der Waals surface area contributed by atoms with E-state index in [0.717, 1.165) is 11.5 Å². The van der Waals surface area contributed by atoms with Gasteiger partial charge in [-0.25, -0.2) is 4.98 Å². The molecule has 0 aliphatic rings. The first kappa shape index (κ1) is 13.4. The van der Waals surface area contributed by atoms with Gasteiger partial charge in [-0.3, -0.25) is 4.79 Å². The van der Waals surface area contributed by atoms with E-state index in [1.165, 1.54) is 0 Å². The number of aromatic nitrogens is 2. The lowest BCUT2D eigenvalue weighted by Gasteiger charge is -2.11. The highest BCUT2D eigenvalue weighted by Crippen LogP contribution is 2.16. The van der Waals surface area contributed by atoms with Crippen LogP contribution in [0, 0.1) is 0 Å². The number of anilines is 1. The first-order valence-electron chi connectivity index (χ1n) is 5.84. The van der Waals surface area contributed by atoms with Crippen molar-refractivity contribution >= 4 is 23.2 Å². The van der Waals surface area contributed by atoms with E-state index in [9.17, 15) is 4.79 Å². The third-order valence-electron chi connectivity index (χ3n) is 2.86. The van der Waals surface area contributed by atoms with E-state index in [1.807, 2.05) is 25.2 Å². The number of nitrogens with zero attached hydrogens (tertiary/aromatic N) is 2. The summed E-state index contributed by atoms with van der Waals surface area (Å²) in [6.07, 6.45) is 1.60. The molecule has 0 saturated carbocycles. The number of hydrogen-bond donors (Lipinski definition) is 2. The van der Waals surface area contributed by atoms with Gasteiger partial charge in [0.15, 0.2) is 0 Å². The van der Waals surface area contributed by atoms with Crippen LogP contribution in [0.25, 0.3) is 0 Å². The predicted octanol–water partition coefficient (Wildman–Crippen LogP) is 2.05. The fraction of sp³-hybridized carbons (Fsp3) is 0.231. The molecule has 0 fully saturated rings. The van der Waals surface area contributed by atoms with Crippen LogP contribution in [0.3, 0.4) is 0 Å². The zero-order valence-electron chi connectivity index (χ0n) is 10.8. The molecule has 0 atom stereocenters. The Morgan fingerprint density at radius 3 is 2.79 bits per heavy atom. The molecule has 2 rings (SSSR count). The smallest absolute Gasteiger partial charge is 0.253 e. The van der Waals surface area contributed by atoms with Crippen molar-refractivity contribution in [3.63, 3.8) is 0 Å². The fourth-order valence-electron chi connectivity index (χ4n) is 1.73. The van der Waals surface area contributed by atoms with Gasteiger partial charge in [0, 0.05) is 19.8 Å². The number of rotatable bonds is 4. The van der Waals surface area contributed by atoms with E-state index in [-0.39, 0.29) is 5.91 Å². The quantitative estimate of drug-likeness (QED) is 0.900. The molecule has 6 heteroatoms. The van der Waals surface area contributed by atoms with E-state index in [2.05, 4.69) is 15.6 Å². The molecule has 0 aliphatic heterocycles. The molecular weight excluding hydrogens is 264 g/mol. The van der Waals surface area contributed by atoms with Crippen molar-refractivity contribution in [2.45, 2.75) is 6.54 Å². The highest BCUT2D eigenvalue weighted by molar-refractivity contribution is 6.29. The first-order valence-corrected chi connectivity index (χ1v) is 6.22. The summed E-state index contributed by atoms with van der Waals surface area (Å²) >= 11 is 5.92. The largest absolute Gasteiger partial charge is 0.377 e. The maximum absolute atomic E-state index is 11.7. The number of hydrogen-bond acceptors (Lipinski definition) is 3. The summed E-state index contributed by atoms with van der Waals surface area (Å²) in [5.41, 5.74) is 1.37. The zero-order chi connectivity index (χ0) is 13.8. The Kier molecular flexibility index (Phi) is 4.06. The van der Waals surface area contributed by atoms with Gasteiger partial charge in [0.25, 0.3) is 5.91 Å². The number of benzene rings is 1. The van der Waals surface area contributed by atoms with Gasteiger partial charge in [-0.2, -0.15) is 0 Å². The molecule has 0 unspecified atom stereocenters. The third kappa shape index (κ3) is 2.88. The van der Waals surface area contributed by atoms with Crippen LogP contribution < -0.4 is 10.6 Å². The average molecular weight is 279 g/mol. The molecule has 19 heavy (non-hydrogen) atoms. The van der Waals surface area contributed by atoms with E-state index in [4.69, 9.17) is 11.6 Å². The van der Waals surface area contributed by atoms with Gasteiger partial charge in [0.2, 0.25) is 0 Å². The first-order chi connectivity index (χ1) is 9.13. The van der Waals surface area contributed by atoms with E-state index >= 15 is 0 Å². The summed E-state index contributed by atoms with van der Waals surface area (Å²) in [6, 6.07) is 7.33. The number of nitrogens with one attached hydrogen (secondary N) is 2. The van der Waals surface area contributed by atoms with E-state index < -0.39 is 0 Å². The maximum atomic E-state index is 11.7. The van der Waals surface area contributed by atoms with E-state index in [0.29, 0.717) is 17.3 Å². The molecule has 1 aromatic heterocycles.